The summed E-state index contributed by atoms with van der Waals surface area (Å²) < 4.78 is 43.3. The zero-order valence-electron chi connectivity index (χ0n) is 14.3. The van der Waals surface area contributed by atoms with Crippen LogP contribution in [0.1, 0.15) is 30.1 Å². The van der Waals surface area contributed by atoms with E-state index >= 15 is 0 Å². The van der Waals surface area contributed by atoms with Gasteiger partial charge < -0.3 is 4.74 Å². The molecule has 0 radical (unpaired) electrons. The zero-order chi connectivity index (χ0) is 18.3. The number of primary sulfonamides is 1. The molecule has 2 unspecified atom stereocenters. The number of nitrogens with zero attached hydrogens (tertiary/aromatic N) is 1. The second kappa shape index (κ2) is 6.64. The van der Waals surface area contributed by atoms with Gasteiger partial charge in [0.25, 0.3) is 0 Å². The van der Waals surface area contributed by atoms with Crippen LogP contribution in [0.3, 0.4) is 0 Å². The Morgan fingerprint density at radius 1 is 1.12 bits per heavy atom. The lowest BCUT2D eigenvalue weighted by molar-refractivity contribution is 0.0905. The van der Waals surface area contributed by atoms with Crippen molar-refractivity contribution < 1.29 is 17.5 Å². The Balaban J connectivity index is 1.66. The van der Waals surface area contributed by atoms with E-state index in [4.69, 9.17) is 9.88 Å². The smallest absolute Gasteiger partial charge is 0.238 e. The predicted octanol–water partition coefficient (Wildman–Crippen LogP) is 2.61. The Labute approximate surface area is 152 Å². The third-order valence-electron chi connectivity index (χ3n) is 5.24. The molecule has 0 spiro atoms. The highest BCUT2D eigenvalue weighted by Gasteiger charge is 2.39. The summed E-state index contributed by atoms with van der Waals surface area (Å²) in [4.78, 5) is 2.15. The monoisotopic (exact) mass is 376 g/mol. The lowest BCUT2D eigenvalue weighted by atomic mass is 10.1. The average Bonchev–Trinajstić information content (AvgIpc) is 3.24. The molecule has 5 nitrogen and oxygen atoms in total. The Bertz CT molecular complexity index is 926. The maximum Gasteiger partial charge on any atom is 0.238 e. The normalized spacial score (nSPS) is 23.2. The van der Waals surface area contributed by atoms with Crippen molar-refractivity contribution >= 4 is 10.0 Å². The van der Waals surface area contributed by atoms with Gasteiger partial charge in [0, 0.05) is 0 Å². The van der Waals surface area contributed by atoms with Crippen molar-refractivity contribution in [1.82, 2.24) is 4.90 Å². The van der Waals surface area contributed by atoms with Crippen LogP contribution >= 0.6 is 0 Å². The highest BCUT2D eigenvalue weighted by atomic mass is 32.2. The first kappa shape index (κ1) is 17.5. The van der Waals surface area contributed by atoms with Gasteiger partial charge in [-0.1, -0.05) is 24.3 Å². The van der Waals surface area contributed by atoms with Crippen LogP contribution in [-0.2, 0) is 16.4 Å². The quantitative estimate of drug-likeness (QED) is 0.890. The van der Waals surface area contributed by atoms with Crippen LogP contribution in [0.15, 0.2) is 47.4 Å². The largest absolute Gasteiger partial charge is 0.481 e. The van der Waals surface area contributed by atoms with E-state index in [-0.39, 0.29) is 22.8 Å². The standard InChI is InChI=1S/C19H21FN2O3S/c20-16-12-14(26(21,23)24)7-8-18(16)25-19-15-6-2-1-5-13(15)11-17(19)22-9-3-4-10-22/h1-2,5-8,12,17,19H,3-4,9-11H2,(H2,21,23,24). The lowest BCUT2D eigenvalue weighted by Gasteiger charge is -2.30. The first-order chi connectivity index (χ1) is 12.4. The minimum atomic E-state index is -3.95. The molecule has 2 aromatic carbocycles. The number of hydrogen-bond donors (Lipinski definition) is 1. The van der Waals surface area contributed by atoms with Crippen molar-refractivity contribution in [3.8, 4) is 5.75 Å². The van der Waals surface area contributed by atoms with Crippen LogP contribution in [0, 0.1) is 5.82 Å². The van der Waals surface area contributed by atoms with Crippen molar-refractivity contribution in [1.29, 1.82) is 0 Å². The number of rotatable bonds is 4. The van der Waals surface area contributed by atoms with E-state index in [1.165, 1.54) is 17.7 Å². The van der Waals surface area contributed by atoms with Crippen LogP contribution in [-0.4, -0.2) is 32.4 Å². The maximum absolute atomic E-state index is 14.5. The molecule has 1 aliphatic heterocycles. The molecule has 2 N–H and O–H groups in total. The Hall–Kier alpha value is -1.96. The van der Waals surface area contributed by atoms with Crippen LogP contribution in [0.5, 0.6) is 5.75 Å². The maximum atomic E-state index is 14.5. The first-order valence-corrected chi connectivity index (χ1v) is 10.3. The van der Waals surface area contributed by atoms with Gasteiger partial charge in [0.15, 0.2) is 11.6 Å². The number of ether oxygens (including phenoxy) is 1. The van der Waals surface area contributed by atoms with Gasteiger partial charge in [-0.2, -0.15) is 0 Å². The molecule has 0 bridgehead atoms. The molecule has 1 saturated heterocycles. The molecule has 26 heavy (non-hydrogen) atoms. The van der Waals surface area contributed by atoms with Crippen molar-refractivity contribution in [3.63, 3.8) is 0 Å². The zero-order valence-corrected chi connectivity index (χ0v) is 15.1. The molecular formula is C19H21FN2O3S. The lowest BCUT2D eigenvalue weighted by Crippen LogP contribution is -2.38. The van der Waals surface area contributed by atoms with E-state index in [1.807, 2.05) is 18.2 Å². The minimum Gasteiger partial charge on any atom is -0.481 e. The van der Waals surface area contributed by atoms with Gasteiger partial charge in [-0.15, -0.1) is 0 Å². The number of benzene rings is 2. The van der Waals surface area contributed by atoms with E-state index in [1.54, 1.807) is 0 Å². The van der Waals surface area contributed by atoms with Crippen LogP contribution in [0.2, 0.25) is 0 Å². The first-order valence-electron chi connectivity index (χ1n) is 8.74. The van der Waals surface area contributed by atoms with Crippen LogP contribution < -0.4 is 9.88 Å². The van der Waals surface area contributed by atoms with Gasteiger partial charge in [0.2, 0.25) is 10.0 Å². The van der Waals surface area contributed by atoms with E-state index in [0.717, 1.165) is 44.0 Å². The highest BCUT2D eigenvalue weighted by Crippen LogP contribution is 2.39. The summed E-state index contributed by atoms with van der Waals surface area (Å²) in [5.74, 6) is -0.677. The topological polar surface area (TPSA) is 72.6 Å². The number of halogens is 1. The highest BCUT2D eigenvalue weighted by molar-refractivity contribution is 7.89. The number of fused-ring (bicyclic) bond motifs is 1. The molecule has 2 aliphatic rings. The fourth-order valence-electron chi connectivity index (χ4n) is 3.96. The van der Waals surface area contributed by atoms with E-state index in [2.05, 4.69) is 11.0 Å². The molecule has 1 heterocycles. The SMILES string of the molecule is NS(=O)(=O)c1ccc(OC2c3ccccc3CC2N2CCCC2)c(F)c1. The summed E-state index contributed by atoms with van der Waals surface area (Å²) in [5.41, 5.74) is 2.29. The molecular weight excluding hydrogens is 355 g/mol. The molecule has 0 amide bonds. The summed E-state index contributed by atoms with van der Waals surface area (Å²) in [6, 6.07) is 11.8. The Morgan fingerprint density at radius 2 is 1.85 bits per heavy atom. The van der Waals surface area contributed by atoms with Crippen molar-refractivity contribution in [3.05, 3.63) is 59.4 Å². The number of nitrogens with two attached hydrogens (primary N) is 1. The molecule has 0 aromatic heterocycles. The number of sulfonamides is 1. The Kier molecular flexibility index (Phi) is 4.46. The third-order valence-corrected chi connectivity index (χ3v) is 6.15. The second-order valence-electron chi connectivity index (χ2n) is 6.89. The van der Waals surface area contributed by atoms with Crippen molar-refractivity contribution in [2.24, 2.45) is 5.14 Å². The molecule has 0 saturated carbocycles. The second-order valence-corrected chi connectivity index (χ2v) is 8.45. The Morgan fingerprint density at radius 3 is 2.54 bits per heavy atom. The summed E-state index contributed by atoms with van der Waals surface area (Å²) in [6.07, 6.45) is 2.92. The fourth-order valence-corrected chi connectivity index (χ4v) is 4.49. The van der Waals surface area contributed by atoms with Gasteiger partial charge in [-0.05, 0) is 61.7 Å². The summed E-state index contributed by atoms with van der Waals surface area (Å²) in [5, 5.41) is 5.07. The fraction of sp³-hybridized carbons (Fsp3) is 0.368. The van der Waals surface area contributed by atoms with Gasteiger partial charge in [0.05, 0.1) is 10.9 Å². The third kappa shape index (κ3) is 3.22. The predicted molar refractivity (Wildman–Crippen MR) is 95.9 cm³/mol. The molecule has 7 heteroatoms. The van der Waals surface area contributed by atoms with Gasteiger partial charge in [-0.25, -0.2) is 17.9 Å². The van der Waals surface area contributed by atoms with Crippen LogP contribution in [0.4, 0.5) is 4.39 Å². The molecule has 2 aromatic rings. The summed E-state index contributed by atoms with van der Waals surface area (Å²) in [7, 11) is -3.95. The van der Waals surface area contributed by atoms with Crippen molar-refractivity contribution in [2.45, 2.75) is 36.3 Å². The molecule has 138 valence electrons. The minimum absolute atomic E-state index is 0.0447. The average molecular weight is 376 g/mol. The number of likely N-dealkylation sites (tertiary alicyclic amines) is 1. The van der Waals surface area contributed by atoms with E-state index in [0.29, 0.717) is 0 Å². The molecule has 4 rings (SSSR count). The number of hydrogen-bond acceptors (Lipinski definition) is 4. The summed E-state index contributed by atoms with van der Waals surface area (Å²) >= 11 is 0. The van der Waals surface area contributed by atoms with Crippen molar-refractivity contribution in [2.75, 3.05) is 13.1 Å². The van der Waals surface area contributed by atoms with Gasteiger partial charge in [-0.3, -0.25) is 4.90 Å². The molecule has 1 aliphatic carbocycles. The van der Waals surface area contributed by atoms with Gasteiger partial charge in [0.1, 0.15) is 6.10 Å². The molecule has 1 fully saturated rings. The van der Waals surface area contributed by atoms with E-state index in [9.17, 15) is 12.8 Å². The van der Waals surface area contributed by atoms with Gasteiger partial charge >= 0.3 is 0 Å². The summed E-state index contributed by atoms with van der Waals surface area (Å²) in [6.45, 7) is 2.04. The molecule has 2 atom stereocenters. The van der Waals surface area contributed by atoms with Crippen LogP contribution in [0.25, 0.3) is 0 Å². The van der Waals surface area contributed by atoms with E-state index < -0.39 is 15.8 Å².